The van der Waals surface area contributed by atoms with Gasteiger partial charge in [0, 0.05) is 25.7 Å². The molecule has 3 rings (SSSR count). The summed E-state index contributed by atoms with van der Waals surface area (Å²) in [5.74, 6) is -0.322. The van der Waals surface area contributed by atoms with Crippen molar-refractivity contribution < 1.29 is 18.7 Å². The van der Waals surface area contributed by atoms with Crippen LogP contribution in [0.2, 0.25) is 0 Å². The zero-order valence-electron chi connectivity index (χ0n) is 14.5. The van der Waals surface area contributed by atoms with Crippen molar-refractivity contribution in [2.24, 2.45) is 0 Å². The van der Waals surface area contributed by atoms with Crippen LogP contribution in [0, 0.1) is 0 Å². The number of nitrogens with one attached hydrogen (secondary N) is 2. The number of rotatable bonds is 5. The Morgan fingerprint density at radius 1 is 1.16 bits per heavy atom. The molecular formula is C18H27N3O4. The lowest BCUT2D eigenvalue weighted by Gasteiger charge is -2.33. The van der Waals surface area contributed by atoms with Crippen LogP contribution in [0.5, 0.6) is 0 Å². The van der Waals surface area contributed by atoms with E-state index in [0.717, 1.165) is 44.5 Å². The van der Waals surface area contributed by atoms with Gasteiger partial charge in [-0.05, 0) is 25.0 Å². The molecule has 2 aliphatic rings. The summed E-state index contributed by atoms with van der Waals surface area (Å²) < 4.78 is 10.9. The summed E-state index contributed by atoms with van der Waals surface area (Å²) in [7, 11) is 0. The maximum atomic E-state index is 12.2. The second kappa shape index (κ2) is 9.01. The summed E-state index contributed by atoms with van der Waals surface area (Å²) >= 11 is 0. The van der Waals surface area contributed by atoms with Crippen molar-refractivity contribution >= 4 is 11.8 Å². The third-order valence-electron chi connectivity index (χ3n) is 4.96. The van der Waals surface area contributed by atoms with Gasteiger partial charge in [0.15, 0.2) is 0 Å². The molecule has 1 atom stereocenters. The van der Waals surface area contributed by atoms with Crippen molar-refractivity contribution in [2.45, 2.75) is 44.2 Å². The van der Waals surface area contributed by atoms with E-state index in [0.29, 0.717) is 19.8 Å². The molecule has 138 valence electrons. The van der Waals surface area contributed by atoms with Gasteiger partial charge in [0.1, 0.15) is 5.76 Å². The van der Waals surface area contributed by atoms with Gasteiger partial charge >= 0.3 is 11.8 Å². The summed E-state index contributed by atoms with van der Waals surface area (Å²) in [6, 6.07) is 3.77. The van der Waals surface area contributed by atoms with Crippen molar-refractivity contribution in [3.05, 3.63) is 24.2 Å². The monoisotopic (exact) mass is 349 g/mol. The number of nitrogens with zero attached hydrogens (tertiary/aromatic N) is 1. The van der Waals surface area contributed by atoms with Crippen LogP contribution in [0.3, 0.4) is 0 Å². The van der Waals surface area contributed by atoms with Crippen molar-refractivity contribution in [1.82, 2.24) is 15.5 Å². The fraction of sp³-hybridized carbons (Fsp3) is 0.667. The lowest BCUT2D eigenvalue weighted by Crippen LogP contribution is -2.48. The van der Waals surface area contributed by atoms with Crippen LogP contribution < -0.4 is 10.6 Å². The molecule has 1 aromatic rings. The van der Waals surface area contributed by atoms with Crippen molar-refractivity contribution in [1.29, 1.82) is 0 Å². The second-order valence-corrected chi connectivity index (χ2v) is 6.70. The number of carbonyl (C=O) groups is 2. The van der Waals surface area contributed by atoms with Gasteiger partial charge in [0.05, 0.1) is 25.5 Å². The lowest BCUT2D eigenvalue weighted by atomic mass is 9.95. The van der Waals surface area contributed by atoms with E-state index < -0.39 is 11.8 Å². The van der Waals surface area contributed by atoms with Crippen LogP contribution in [0.1, 0.15) is 43.9 Å². The Labute approximate surface area is 148 Å². The van der Waals surface area contributed by atoms with Gasteiger partial charge in [-0.1, -0.05) is 19.3 Å². The smallest absolute Gasteiger partial charge is 0.309 e. The summed E-state index contributed by atoms with van der Waals surface area (Å²) in [4.78, 5) is 26.5. The quantitative estimate of drug-likeness (QED) is 0.781. The number of carbonyl (C=O) groups excluding carboxylic acids is 2. The van der Waals surface area contributed by atoms with Gasteiger partial charge in [-0.3, -0.25) is 14.5 Å². The molecule has 1 aliphatic carbocycles. The van der Waals surface area contributed by atoms with Crippen LogP contribution in [-0.4, -0.2) is 55.6 Å². The highest BCUT2D eigenvalue weighted by Gasteiger charge is 2.27. The first-order chi connectivity index (χ1) is 12.2. The molecule has 2 heterocycles. The first-order valence-electron chi connectivity index (χ1n) is 9.18. The molecule has 1 aromatic heterocycles. The normalized spacial score (nSPS) is 20.8. The third-order valence-corrected chi connectivity index (χ3v) is 4.96. The molecule has 2 N–H and O–H groups in total. The maximum absolute atomic E-state index is 12.2. The summed E-state index contributed by atoms with van der Waals surface area (Å²) in [6.45, 7) is 3.20. The Morgan fingerprint density at radius 2 is 1.92 bits per heavy atom. The minimum absolute atomic E-state index is 0.0923. The van der Waals surface area contributed by atoms with E-state index in [1.165, 1.54) is 6.42 Å². The SMILES string of the molecule is O=C(NC[C@@H](c1ccco1)N1CCOCC1)C(=O)NC1CCCCC1. The molecule has 7 nitrogen and oxygen atoms in total. The van der Waals surface area contributed by atoms with Crippen molar-refractivity contribution in [2.75, 3.05) is 32.8 Å². The van der Waals surface area contributed by atoms with Crippen LogP contribution in [0.25, 0.3) is 0 Å². The van der Waals surface area contributed by atoms with Gasteiger partial charge < -0.3 is 19.8 Å². The fourth-order valence-corrected chi connectivity index (χ4v) is 3.55. The molecule has 0 radical (unpaired) electrons. The van der Waals surface area contributed by atoms with Gasteiger partial charge in [0.25, 0.3) is 0 Å². The van der Waals surface area contributed by atoms with E-state index in [4.69, 9.17) is 9.15 Å². The fourth-order valence-electron chi connectivity index (χ4n) is 3.55. The number of ether oxygens (including phenoxy) is 1. The van der Waals surface area contributed by atoms with Crippen LogP contribution in [-0.2, 0) is 14.3 Å². The van der Waals surface area contributed by atoms with Gasteiger partial charge in [-0.15, -0.1) is 0 Å². The minimum Gasteiger partial charge on any atom is -0.468 e. The van der Waals surface area contributed by atoms with E-state index in [1.54, 1.807) is 6.26 Å². The van der Waals surface area contributed by atoms with E-state index in [-0.39, 0.29) is 12.1 Å². The lowest BCUT2D eigenvalue weighted by molar-refractivity contribution is -0.140. The van der Waals surface area contributed by atoms with Gasteiger partial charge in [-0.25, -0.2) is 0 Å². The van der Waals surface area contributed by atoms with Crippen LogP contribution >= 0.6 is 0 Å². The maximum Gasteiger partial charge on any atom is 0.309 e. The summed E-state index contributed by atoms with van der Waals surface area (Å²) in [5, 5.41) is 5.61. The molecule has 0 aromatic carbocycles. The van der Waals surface area contributed by atoms with Crippen LogP contribution in [0.15, 0.2) is 22.8 Å². The molecule has 25 heavy (non-hydrogen) atoms. The molecule has 2 amide bonds. The average molecular weight is 349 g/mol. The summed E-state index contributed by atoms with van der Waals surface area (Å²) in [5.41, 5.74) is 0. The van der Waals surface area contributed by atoms with E-state index in [9.17, 15) is 9.59 Å². The molecule has 0 spiro atoms. The second-order valence-electron chi connectivity index (χ2n) is 6.70. The highest BCUT2D eigenvalue weighted by atomic mass is 16.5. The van der Waals surface area contributed by atoms with E-state index in [2.05, 4.69) is 15.5 Å². The summed E-state index contributed by atoms with van der Waals surface area (Å²) in [6.07, 6.45) is 6.99. The average Bonchev–Trinajstić information content (AvgIpc) is 3.18. The molecule has 2 fully saturated rings. The zero-order valence-corrected chi connectivity index (χ0v) is 14.5. The molecule has 1 saturated carbocycles. The first kappa shape index (κ1) is 17.9. The number of furan rings is 1. The minimum atomic E-state index is -0.574. The van der Waals surface area contributed by atoms with Crippen molar-refractivity contribution in [3.63, 3.8) is 0 Å². The Morgan fingerprint density at radius 3 is 2.60 bits per heavy atom. The Balaban J connectivity index is 1.52. The molecule has 7 heteroatoms. The molecule has 0 unspecified atom stereocenters. The van der Waals surface area contributed by atoms with Gasteiger partial charge in [-0.2, -0.15) is 0 Å². The zero-order chi connectivity index (χ0) is 17.5. The van der Waals surface area contributed by atoms with E-state index in [1.807, 2.05) is 12.1 Å². The molecule has 0 bridgehead atoms. The highest BCUT2D eigenvalue weighted by Crippen LogP contribution is 2.21. The predicted octanol–water partition coefficient (Wildman–Crippen LogP) is 1.22. The molecule has 1 saturated heterocycles. The molecule has 1 aliphatic heterocycles. The number of amides is 2. The number of hydrogen-bond acceptors (Lipinski definition) is 5. The van der Waals surface area contributed by atoms with Crippen LogP contribution in [0.4, 0.5) is 0 Å². The Hall–Kier alpha value is -1.86. The Kier molecular flexibility index (Phi) is 6.47. The first-order valence-corrected chi connectivity index (χ1v) is 9.18. The van der Waals surface area contributed by atoms with E-state index >= 15 is 0 Å². The molecular weight excluding hydrogens is 322 g/mol. The number of hydrogen-bond donors (Lipinski definition) is 2. The van der Waals surface area contributed by atoms with Crippen molar-refractivity contribution in [3.8, 4) is 0 Å². The standard InChI is InChI=1S/C18H27N3O4/c22-17(18(23)20-14-5-2-1-3-6-14)19-13-15(16-7-4-10-25-16)21-8-11-24-12-9-21/h4,7,10,14-15H,1-3,5-6,8-9,11-13H2,(H,19,22)(H,20,23)/t15-/m0/s1. The predicted molar refractivity (Wildman–Crippen MR) is 91.9 cm³/mol. The topological polar surface area (TPSA) is 83.8 Å². The van der Waals surface area contributed by atoms with Gasteiger partial charge in [0.2, 0.25) is 0 Å². The largest absolute Gasteiger partial charge is 0.468 e. The Bertz CT molecular complexity index is 549. The third kappa shape index (κ3) is 5.06. The number of morpholine rings is 1. The highest BCUT2D eigenvalue weighted by molar-refractivity contribution is 6.35.